The summed E-state index contributed by atoms with van der Waals surface area (Å²) in [6.07, 6.45) is 6.58. The quantitative estimate of drug-likeness (QED) is 0.492. The van der Waals surface area contributed by atoms with Crippen molar-refractivity contribution < 1.29 is 14.3 Å². The van der Waals surface area contributed by atoms with Gasteiger partial charge in [-0.2, -0.15) is 0 Å². The molecule has 0 bridgehead atoms. The molecule has 2 aromatic heterocycles. The minimum absolute atomic E-state index is 0.101. The summed E-state index contributed by atoms with van der Waals surface area (Å²) < 4.78 is 7.43. The largest absolute Gasteiger partial charge is 0.480 e. The first-order chi connectivity index (χ1) is 14.0. The molecule has 0 spiro atoms. The molecule has 2 N–H and O–H groups in total. The summed E-state index contributed by atoms with van der Waals surface area (Å²) in [6, 6.07) is 10.9. The van der Waals surface area contributed by atoms with Gasteiger partial charge in [0.15, 0.2) is 0 Å². The maximum Gasteiger partial charge on any atom is 0.327 e. The van der Waals surface area contributed by atoms with E-state index in [9.17, 15) is 9.90 Å². The van der Waals surface area contributed by atoms with Crippen LogP contribution in [0.5, 0.6) is 0 Å². The number of allylic oxidation sites excluding steroid dienone is 1. The predicted octanol–water partition coefficient (Wildman–Crippen LogP) is 4.60. The summed E-state index contributed by atoms with van der Waals surface area (Å²) >= 11 is 0. The van der Waals surface area contributed by atoms with E-state index in [2.05, 4.69) is 16.9 Å². The Balaban J connectivity index is 1.55. The van der Waals surface area contributed by atoms with Gasteiger partial charge in [0.2, 0.25) is 5.89 Å². The molecule has 0 saturated heterocycles. The molecule has 152 valence electrons. The number of benzene rings is 1. The van der Waals surface area contributed by atoms with Crippen LogP contribution < -0.4 is 5.32 Å². The Morgan fingerprint density at radius 2 is 2.00 bits per heavy atom. The zero-order chi connectivity index (χ0) is 20.8. The lowest BCUT2D eigenvalue weighted by molar-refractivity contribution is -0.140. The van der Waals surface area contributed by atoms with Crippen molar-refractivity contribution >= 4 is 11.7 Å². The number of hydrogen-bond donors (Lipinski definition) is 2. The average Bonchev–Trinajstić information content (AvgIpc) is 3.36. The maximum absolute atomic E-state index is 11.6. The van der Waals surface area contributed by atoms with Crippen molar-refractivity contribution in [3.05, 3.63) is 84.4 Å². The third kappa shape index (κ3) is 5.16. The second kappa shape index (κ2) is 9.28. The number of carbonyl (C=O) groups is 1. The van der Waals surface area contributed by atoms with Crippen molar-refractivity contribution in [3.63, 3.8) is 0 Å². The third-order valence-electron chi connectivity index (χ3n) is 5.00. The molecule has 0 aliphatic carbocycles. The van der Waals surface area contributed by atoms with E-state index in [0.29, 0.717) is 12.3 Å². The molecule has 2 atom stereocenters. The summed E-state index contributed by atoms with van der Waals surface area (Å²) in [4.78, 5) is 16.1. The van der Waals surface area contributed by atoms with Gasteiger partial charge in [-0.3, -0.25) is 0 Å². The highest BCUT2D eigenvalue weighted by atomic mass is 16.4. The number of oxazole rings is 1. The van der Waals surface area contributed by atoms with Crippen molar-refractivity contribution in [1.82, 2.24) is 9.55 Å². The second-order valence-electron chi connectivity index (χ2n) is 7.14. The highest BCUT2D eigenvalue weighted by Crippen LogP contribution is 2.20. The number of aliphatic carboxylic acids is 1. The van der Waals surface area contributed by atoms with Crippen LogP contribution in [0.4, 0.5) is 5.69 Å². The maximum atomic E-state index is 11.6. The van der Waals surface area contributed by atoms with Gasteiger partial charge in [0.25, 0.3) is 0 Å². The normalized spacial score (nSPS) is 13.0. The lowest BCUT2D eigenvalue weighted by Crippen LogP contribution is -2.20. The van der Waals surface area contributed by atoms with Gasteiger partial charge in [-0.1, -0.05) is 25.1 Å². The van der Waals surface area contributed by atoms with Gasteiger partial charge >= 0.3 is 5.97 Å². The molecule has 0 radical (unpaired) electrons. The molecular weight excluding hydrogens is 366 g/mol. The minimum atomic E-state index is -0.837. The Hall–Kier alpha value is -3.28. The second-order valence-corrected chi connectivity index (χ2v) is 7.14. The van der Waals surface area contributed by atoms with Crippen LogP contribution in [-0.4, -0.2) is 27.2 Å². The molecule has 29 heavy (non-hydrogen) atoms. The summed E-state index contributed by atoms with van der Waals surface area (Å²) in [5.74, 6) is 0.809. The summed E-state index contributed by atoms with van der Waals surface area (Å²) in [5.41, 5.74) is 2.92. The van der Waals surface area contributed by atoms with Crippen LogP contribution in [0.25, 0.3) is 0 Å². The van der Waals surface area contributed by atoms with Gasteiger partial charge < -0.3 is 19.4 Å². The van der Waals surface area contributed by atoms with Crippen LogP contribution in [0, 0.1) is 6.92 Å². The van der Waals surface area contributed by atoms with Crippen molar-refractivity contribution in [2.45, 2.75) is 38.6 Å². The Bertz CT molecular complexity index is 942. The fourth-order valence-electron chi connectivity index (χ4n) is 3.16. The number of hydrogen-bond acceptors (Lipinski definition) is 4. The topological polar surface area (TPSA) is 80.3 Å². The first kappa shape index (κ1) is 20.5. The van der Waals surface area contributed by atoms with E-state index in [1.54, 1.807) is 17.0 Å². The summed E-state index contributed by atoms with van der Waals surface area (Å²) in [7, 11) is 0. The number of aryl methyl sites for hydroxylation is 1. The molecule has 0 saturated carbocycles. The number of carboxylic acids is 1. The van der Waals surface area contributed by atoms with Crippen molar-refractivity contribution in [2.24, 2.45) is 0 Å². The summed E-state index contributed by atoms with van der Waals surface area (Å²) in [6.45, 7) is 8.45. The van der Waals surface area contributed by atoms with E-state index >= 15 is 0 Å². The lowest BCUT2D eigenvalue weighted by atomic mass is 10.1. The smallest absolute Gasteiger partial charge is 0.327 e. The molecule has 6 heteroatoms. The van der Waals surface area contributed by atoms with Gasteiger partial charge in [0, 0.05) is 37.5 Å². The predicted molar refractivity (Wildman–Crippen MR) is 113 cm³/mol. The van der Waals surface area contributed by atoms with E-state index in [0.717, 1.165) is 35.7 Å². The zero-order valence-electron chi connectivity index (χ0n) is 16.8. The first-order valence-corrected chi connectivity index (χ1v) is 9.74. The van der Waals surface area contributed by atoms with Crippen molar-refractivity contribution in [1.29, 1.82) is 0 Å². The van der Waals surface area contributed by atoms with Crippen LogP contribution in [-0.2, 0) is 17.6 Å². The highest BCUT2D eigenvalue weighted by Gasteiger charge is 2.19. The van der Waals surface area contributed by atoms with E-state index in [1.165, 1.54) is 0 Å². The van der Waals surface area contributed by atoms with Gasteiger partial charge in [-0.05, 0) is 36.8 Å². The third-order valence-corrected chi connectivity index (χ3v) is 5.00. The fourth-order valence-corrected chi connectivity index (χ4v) is 3.16. The Kier molecular flexibility index (Phi) is 6.54. The van der Waals surface area contributed by atoms with Crippen LogP contribution in [0.2, 0.25) is 0 Å². The molecule has 3 aromatic rings. The van der Waals surface area contributed by atoms with Gasteiger partial charge in [0.05, 0.1) is 11.6 Å². The molecule has 0 aliphatic rings. The monoisotopic (exact) mass is 393 g/mol. The lowest BCUT2D eigenvalue weighted by Gasteiger charge is -2.15. The van der Waals surface area contributed by atoms with Gasteiger partial charge in [-0.25, -0.2) is 9.78 Å². The SMILES string of the molecule is C=CC(C)c1nc(CCNc2ccc(CC(C(=O)O)n3cccc3)cc2)c(C)o1. The van der Waals surface area contributed by atoms with Crippen LogP contribution in [0.3, 0.4) is 0 Å². The number of aromatic nitrogens is 2. The Morgan fingerprint density at radius 3 is 2.62 bits per heavy atom. The number of anilines is 1. The Labute approximate surface area is 170 Å². The van der Waals surface area contributed by atoms with E-state index in [-0.39, 0.29) is 5.92 Å². The van der Waals surface area contributed by atoms with E-state index in [1.807, 2.05) is 56.3 Å². The minimum Gasteiger partial charge on any atom is -0.480 e. The van der Waals surface area contributed by atoms with Gasteiger partial charge in [-0.15, -0.1) is 6.58 Å². The molecule has 2 unspecified atom stereocenters. The number of carboxylic acid groups (broad SMARTS) is 1. The molecule has 6 nitrogen and oxygen atoms in total. The highest BCUT2D eigenvalue weighted by molar-refractivity contribution is 5.72. The van der Waals surface area contributed by atoms with Crippen LogP contribution in [0.15, 0.2) is 65.9 Å². The van der Waals surface area contributed by atoms with Crippen LogP contribution in [0.1, 0.15) is 41.8 Å². The molecule has 1 aromatic carbocycles. The fraction of sp³-hybridized carbons (Fsp3) is 0.304. The van der Waals surface area contributed by atoms with Gasteiger partial charge in [0.1, 0.15) is 11.8 Å². The van der Waals surface area contributed by atoms with E-state index in [4.69, 9.17) is 4.42 Å². The number of nitrogens with zero attached hydrogens (tertiary/aromatic N) is 2. The standard InChI is InChI=1S/C23H27N3O3/c1-4-16(2)22-25-20(17(3)29-22)11-12-24-19-9-7-18(8-10-19)15-21(23(27)28)26-13-5-6-14-26/h4-10,13-14,16,21,24H,1,11-12,15H2,2-3H3,(H,27,28). The van der Waals surface area contributed by atoms with E-state index < -0.39 is 12.0 Å². The zero-order valence-corrected chi connectivity index (χ0v) is 16.8. The molecule has 2 heterocycles. The first-order valence-electron chi connectivity index (χ1n) is 9.74. The summed E-state index contributed by atoms with van der Waals surface area (Å²) in [5, 5.41) is 12.9. The van der Waals surface area contributed by atoms with Crippen molar-refractivity contribution in [3.8, 4) is 0 Å². The molecule has 3 rings (SSSR count). The van der Waals surface area contributed by atoms with Crippen molar-refractivity contribution in [2.75, 3.05) is 11.9 Å². The van der Waals surface area contributed by atoms with Crippen LogP contribution >= 0.6 is 0 Å². The molecular formula is C23H27N3O3. The molecule has 0 amide bonds. The number of nitrogens with one attached hydrogen (secondary N) is 1. The number of rotatable bonds is 10. The molecule has 0 aliphatic heterocycles. The average molecular weight is 393 g/mol. The Morgan fingerprint density at radius 1 is 1.31 bits per heavy atom. The molecule has 0 fully saturated rings.